The molecule has 3 nitrogen and oxygen atoms in total. The lowest BCUT2D eigenvalue weighted by Gasteiger charge is -2.27. The van der Waals surface area contributed by atoms with Gasteiger partial charge in [-0.15, -0.1) is 0 Å². The highest BCUT2D eigenvalue weighted by Gasteiger charge is 2.31. The van der Waals surface area contributed by atoms with Crippen LogP contribution >= 0.6 is 0 Å². The van der Waals surface area contributed by atoms with E-state index in [4.69, 9.17) is 9.47 Å². The zero-order valence-corrected chi connectivity index (χ0v) is 13.1. The summed E-state index contributed by atoms with van der Waals surface area (Å²) in [7, 11) is 0. The maximum absolute atomic E-state index is 11.9. The Hall–Kier alpha value is -1.97. The first-order valence-electron chi connectivity index (χ1n) is 7.41. The average molecular weight is 298 g/mol. The molecule has 1 atom stereocenters. The predicted octanol–water partition coefficient (Wildman–Crippen LogP) is 3.77. The number of benzene rings is 2. The van der Waals surface area contributed by atoms with Gasteiger partial charge in [0.15, 0.2) is 5.78 Å². The van der Waals surface area contributed by atoms with E-state index in [1.807, 2.05) is 60.7 Å². The first kappa shape index (κ1) is 16.4. The van der Waals surface area contributed by atoms with Crippen molar-refractivity contribution in [2.24, 2.45) is 0 Å². The quantitative estimate of drug-likeness (QED) is 0.744. The van der Waals surface area contributed by atoms with Crippen LogP contribution in [-0.4, -0.2) is 18.0 Å². The third kappa shape index (κ3) is 4.79. The van der Waals surface area contributed by atoms with Crippen molar-refractivity contribution in [1.82, 2.24) is 0 Å². The summed E-state index contributed by atoms with van der Waals surface area (Å²) < 4.78 is 11.5. The van der Waals surface area contributed by atoms with E-state index >= 15 is 0 Å². The summed E-state index contributed by atoms with van der Waals surface area (Å²) in [5.74, 6) is -0.0310. The summed E-state index contributed by atoms with van der Waals surface area (Å²) >= 11 is 0. The molecule has 0 aliphatic heterocycles. The minimum Gasteiger partial charge on any atom is -0.373 e. The Bertz CT molecular complexity index is 580. The van der Waals surface area contributed by atoms with E-state index < -0.39 is 5.60 Å². The fraction of sp³-hybridized carbons (Fsp3) is 0.316. The van der Waals surface area contributed by atoms with Crippen molar-refractivity contribution in [2.45, 2.75) is 32.7 Å². The second kappa shape index (κ2) is 7.87. The van der Waals surface area contributed by atoms with Gasteiger partial charge in [0.1, 0.15) is 5.60 Å². The predicted molar refractivity (Wildman–Crippen MR) is 86.4 cm³/mol. The van der Waals surface area contributed by atoms with Crippen LogP contribution in [0, 0.1) is 0 Å². The van der Waals surface area contributed by atoms with Crippen molar-refractivity contribution >= 4 is 5.78 Å². The number of hydrogen-bond acceptors (Lipinski definition) is 3. The van der Waals surface area contributed by atoms with Crippen LogP contribution in [0.5, 0.6) is 0 Å². The molecule has 0 saturated carbocycles. The summed E-state index contributed by atoms with van der Waals surface area (Å²) in [4.78, 5) is 11.9. The number of carbonyl (C=O) groups excluding carboxylic acids is 1. The fourth-order valence-corrected chi connectivity index (χ4v) is 2.00. The molecule has 2 rings (SSSR count). The number of hydrogen-bond donors (Lipinski definition) is 0. The molecule has 0 heterocycles. The van der Waals surface area contributed by atoms with Crippen molar-refractivity contribution in [3.63, 3.8) is 0 Å². The van der Waals surface area contributed by atoms with E-state index in [0.717, 1.165) is 11.1 Å². The normalized spacial score (nSPS) is 13.5. The molecular weight excluding hydrogens is 276 g/mol. The molecule has 0 spiro atoms. The SMILES string of the molecule is CC(=O)[C@](C)(COCc1ccccc1)OCc1ccccc1. The molecule has 2 aromatic carbocycles. The van der Waals surface area contributed by atoms with Crippen LogP contribution in [0.25, 0.3) is 0 Å². The Labute approximate surface area is 131 Å². The van der Waals surface area contributed by atoms with Gasteiger partial charge in [-0.3, -0.25) is 4.79 Å². The van der Waals surface area contributed by atoms with Gasteiger partial charge >= 0.3 is 0 Å². The van der Waals surface area contributed by atoms with Gasteiger partial charge in [-0.1, -0.05) is 60.7 Å². The fourth-order valence-electron chi connectivity index (χ4n) is 2.00. The van der Waals surface area contributed by atoms with Crippen LogP contribution in [0.3, 0.4) is 0 Å². The first-order valence-corrected chi connectivity index (χ1v) is 7.41. The van der Waals surface area contributed by atoms with Crippen molar-refractivity contribution in [3.8, 4) is 0 Å². The molecule has 0 bridgehead atoms. The average Bonchev–Trinajstić information content (AvgIpc) is 2.55. The topological polar surface area (TPSA) is 35.5 Å². The molecule has 0 N–H and O–H groups in total. The standard InChI is InChI=1S/C19H22O3/c1-16(20)19(2,22-14-18-11-7-4-8-12-18)15-21-13-17-9-5-3-6-10-17/h3-12H,13-15H2,1-2H3/t19-/m0/s1. The summed E-state index contributed by atoms with van der Waals surface area (Å²) in [6.45, 7) is 4.42. The Kier molecular flexibility index (Phi) is 5.87. The summed E-state index contributed by atoms with van der Waals surface area (Å²) in [5.41, 5.74) is 1.19. The zero-order valence-electron chi connectivity index (χ0n) is 13.1. The maximum Gasteiger partial charge on any atom is 0.163 e. The second-order valence-corrected chi connectivity index (χ2v) is 5.54. The van der Waals surface area contributed by atoms with Crippen LogP contribution in [-0.2, 0) is 27.5 Å². The number of Topliss-reactive ketones (excluding diaryl/α,β-unsaturated/α-hetero) is 1. The number of rotatable bonds is 8. The van der Waals surface area contributed by atoms with Gasteiger partial charge in [0.05, 0.1) is 19.8 Å². The van der Waals surface area contributed by atoms with Crippen molar-refractivity contribution in [2.75, 3.05) is 6.61 Å². The van der Waals surface area contributed by atoms with Gasteiger partial charge in [0.2, 0.25) is 0 Å². The Balaban J connectivity index is 1.89. The van der Waals surface area contributed by atoms with Gasteiger partial charge < -0.3 is 9.47 Å². The molecule has 0 aliphatic carbocycles. The van der Waals surface area contributed by atoms with E-state index in [-0.39, 0.29) is 12.4 Å². The van der Waals surface area contributed by atoms with E-state index in [9.17, 15) is 4.79 Å². The molecule has 0 aromatic heterocycles. The van der Waals surface area contributed by atoms with E-state index in [0.29, 0.717) is 13.2 Å². The van der Waals surface area contributed by atoms with Crippen molar-refractivity contribution < 1.29 is 14.3 Å². The zero-order chi connectivity index (χ0) is 15.8. The van der Waals surface area contributed by atoms with Crippen LogP contribution in [0.2, 0.25) is 0 Å². The Morgan fingerprint density at radius 1 is 0.909 bits per heavy atom. The van der Waals surface area contributed by atoms with Gasteiger partial charge in [-0.25, -0.2) is 0 Å². The molecule has 0 fully saturated rings. The van der Waals surface area contributed by atoms with E-state index in [1.54, 1.807) is 6.92 Å². The van der Waals surface area contributed by atoms with Crippen molar-refractivity contribution in [3.05, 3.63) is 71.8 Å². The molecule has 0 amide bonds. The summed E-state index contributed by atoms with van der Waals surface area (Å²) in [5, 5.41) is 0. The lowest BCUT2D eigenvalue weighted by molar-refractivity contribution is -0.152. The minimum atomic E-state index is -0.926. The van der Waals surface area contributed by atoms with Gasteiger partial charge in [-0.2, -0.15) is 0 Å². The number of ether oxygens (including phenoxy) is 2. The minimum absolute atomic E-state index is 0.0310. The summed E-state index contributed by atoms with van der Waals surface area (Å²) in [6.07, 6.45) is 0. The van der Waals surface area contributed by atoms with Gasteiger partial charge in [0, 0.05) is 0 Å². The third-order valence-electron chi connectivity index (χ3n) is 3.63. The highest BCUT2D eigenvalue weighted by molar-refractivity contribution is 5.84. The smallest absolute Gasteiger partial charge is 0.163 e. The molecule has 2 aromatic rings. The monoisotopic (exact) mass is 298 g/mol. The third-order valence-corrected chi connectivity index (χ3v) is 3.63. The van der Waals surface area contributed by atoms with Crippen LogP contribution in [0.15, 0.2) is 60.7 Å². The molecule has 0 saturated heterocycles. The highest BCUT2D eigenvalue weighted by Crippen LogP contribution is 2.17. The maximum atomic E-state index is 11.9. The molecule has 0 aliphatic rings. The number of ketones is 1. The van der Waals surface area contributed by atoms with Gasteiger partial charge in [-0.05, 0) is 25.0 Å². The van der Waals surface area contributed by atoms with E-state index in [1.165, 1.54) is 6.92 Å². The Morgan fingerprint density at radius 3 is 1.91 bits per heavy atom. The van der Waals surface area contributed by atoms with Gasteiger partial charge in [0.25, 0.3) is 0 Å². The molecule has 3 heteroatoms. The lowest BCUT2D eigenvalue weighted by Crippen LogP contribution is -2.41. The van der Waals surface area contributed by atoms with Crippen LogP contribution < -0.4 is 0 Å². The summed E-state index contributed by atoms with van der Waals surface area (Å²) in [6, 6.07) is 19.7. The second-order valence-electron chi connectivity index (χ2n) is 5.54. The first-order chi connectivity index (χ1) is 10.6. The molecule has 116 valence electrons. The van der Waals surface area contributed by atoms with Crippen LogP contribution in [0.1, 0.15) is 25.0 Å². The molecule has 22 heavy (non-hydrogen) atoms. The number of carbonyl (C=O) groups is 1. The van der Waals surface area contributed by atoms with Crippen molar-refractivity contribution in [1.29, 1.82) is 0 Å². The molecular formula is C19H22O3. The highest BCUT2D eigenvalue weighted by atomic mass is 16.5. The lowest BCUT2D eigenvalue weighted by atomic mass is 10.0. The molecule has 0 radical (unpaired) electrons. The van der Waals surface area contributed by atoms with E-state index in [2.05, 4.69) is 0 Å². The van der Waals surface area contributed by atoms with Crippen LogP contribution in [0.4, 0.5) is 0 Å². The largest absolute Gasteiger partial charge is 0.373 e. The molecule has 0 unspecified atom stereocenters. The Morgan fingerprint density at radius 2 is 1.41 bits per heavy atom.